The van der Waals surface area contributed by atoms with Gasteiger partial charge in [-0.15, -0.1) is 0 Å². The summed E-state index contributed by atoms with van der Waals surface area (Å²) < 4.78 is 4.69. The third-order valence-corrected chi connectivity index (χ3v) is 3.89. The number of likely N-dealkylation sites (N-methyl/N-ethyl adjacent to an activating group) is 1. The summed E-state index contributed by atoms with van der Waals surface area (Å²) in [5, 5.41) is 21.9. The van der Waals surface area contributed by atoms with Gasteiger partial charge in [-0.2, -0.15) is 0 Å². The van der Waals surface area contributed by atoms with Crippen molar-refractivity contribution in [1.29, 1.82) is 0 Å². The minimum Gasteiger partial charge on any atom is -0.371 e. The second-order valence-electron chi connectivity index (χ2n) is 5.35. The van der Waals surface area contributed by atoms with Crippen molar-refractivity contribution in [3.8, 4) is 0 Å². The lowest BCUT2D eigenvalue weighted by Crippen LogP contribution is -2.42. The SMILES string of the molecule is CN(CC1CCCCN1)c1ccc([N+](=O)[O-])c2nonc12. The predicted octanol–water partition coefficient (Wildman–Crippen LogP) is 1.71. The Balaban J connectivity index is 1.87. The molecule has 0 bridgehead atoms. The number of rotatable bonds is 4. The average molecular weight is 291 g/mol. The number of nitro benzene ring substituents is 1. The topological polar surface area (TPSA) is 97.3 Å². The molecule has 8 heteroatoms. The quantitative estimate of drug-likeness (QED) is 0.676. The van der Waals surface area contributed by atoms with E-state index in [1.54, 1.807) is 6.07 Å². The monoisotopic (exact) mass is 291 g/mol. The van der Waals surface area contributed by atoms with Gasteiger partial charge in [-0.3, -0.25) is 10.1 Å². The van der Waals surface area contributed by atoms with Crippen LogP contribution in [-0.2, 0) is 0 Å². The third kappa shape index (κ3) is 2.66. The Morgan fingerprint density at radius 3 is 2.95 bits per heavy atom. The lowest BCUT2D eigenvalue weighted by atomic mass is 10.0. The third-order valence-electron chi connectivity index (χ3n) is 3.89. The fourth-order valence-corrected chi connectivity index (χ4v) is 2.80. The number of fused-ring (bicyclic) bond motifs is 1. The zero-order valence-corrected chi connectivity index (χ0v) is 11.8. The second-order valence-corrected chi connectivity index (χ2v) is 5.35. The molecule has 0 amide bonds. The van der Waals surface area contributed by atoms with Crippen LogP contribution in [0.3, 0.4) is 0 Å². The van der Waals surface area contributed by atoms with Crippen molar-refractivity contribution in [3.05, 3.63) is 22.2 Å². The molecule has 1 saturated heterocycles. The number of hydrogen-bond acceptors (Lipinski definition) is 7. The number of aromatic nitrogens is 2. The molecule has 112 valence electrons. The maximum atomic E-state index is 11.0. The highest BCUT2D eigenvalue weighted by Gasteiger charge is 2.22. The number of benzene rings is 1. The van der Waals surface area contributed by atoms with E-state index < -0.39 is 4.92 Å². The number of hydrogen-bond donors (Lipinski definition) is 1. The van der Waals surface area contributed by atoms with Gasteiger partial charge in [-0.1, -0.05) is 6.42 Å². The summed E-state index contributed by atoms with van der Waals surface area (Å²) in [5.74, 6) is 0. The summed E-state index contributed by atoms with van der Waals surface area (Å²) in [7, 11) is 1.95. The van der Waals surface area contributed by atoms with Crippen LogP contribution in [0.15, 0.2) is 16.8 Å². The molecule has 1 aliphatic heterocycles. The van der Waals surface area contributed by atoms with Crippen LogP contribution in [0.4, 0.5) is 11.4 Å². The summed E-state index contributed by atoms with van der Waals surface area (Å²) in [5.41, 5.74) is 1.34. The van der Waals surface area contributed by atoms with Crippen LogP contribution in [0, 0.1) is 10.1 Å². The predicted molar refractivity (Wildman–Crippen MR) is 77.4 cm³/mol. The minimum atomic E-state index is -0.473. The van der Waals surface area contributed by atoms with Crippen LogP contribution in [0.1, 0.15) is 19.3 Å². The number of piperidine rings is 1. The summed E-state index contributed by atoms with van der Waals surface area (Å²) in [6, 6.07) is 3.58. The van der Waals surface area contributed by atoms with Crippen LogP contribution < -0.4 is 10.2 Å². The number of non-ortho nitro benzene ring substituents is 1. The molecule has 1 aromatic carbocycles. The van der Waals surface area contributed by atoms with Crippen LogP contribution in [-0.4, -0.2) is 41.4 Å². The number of nitrogens with one attached hydrogen (secondary N) is 1. The summed E-state index contributed by atoms with van der Waals surface area (Å²) >= 11 is 0. The van der Waals surface area contributed by atoms with Crippen LogP contribution in [0.2, 0.25) is 0 Å². The molecule has 21 heavy (non-hydrogen) atoms. The van der Waals surface area contributed by atoms with E-state index in [1.807, 2.05) is 11.9 Å². The molecule has 0 saturated carbocycles. The number of nitro groups is 1. The standard InChI is InChI=1S/C13H17N5O3/c1-17(8-9-4-2-3-7-14-9)10-5-6-11(18(19)20)13-12(10)15-21-16-13/h5-6,9,14H,2-4,7-8H2,1H3. The van der Waals surface area contributed by atoms with Gasteiger partial charge >= 0.3 is 5.69 Å². The first-order valence-electron chi connectivity index (χ1n) is 7.01. The summed E-state index contributed by atoms with van der Waals surface area (Å²) in [4.78, 5) is 12.6. The maximum absolute atomic E-state index is 11.0. The minimum absolute atomic E-state index is 0.0841. The second kappa shape index (κ2) is 5.65. The van der Waals surface area contributed by atoms with E-state index in [9.17, 15) is 10.1 Å². The van der Waals surface area contributed by atoms with Gasteiger partial charge in [-0.05, 0) is 35.8 Å². The molecule has 8 nitrogen and oxygen atoms in total. The van der Waals surface area contributed by atoms with Crippen molar-refractivity contribution in [2.24, 2.45) is 0 Å². The smallest absolute Gasteiger partial charge is 0.300 e. The lowest BCUT2D eigenvalue weighted by molar-refractivity contribution is -0.383. The molecule has 1 unspecified atom stereocenters. The largest absolute Gasteiger partial charge is 0.371 e. The molecule has 1 aliphatic rings. The molecule has 3 rings (SSSR count). The number of anilines is 1. The Bertz CT molecular complexity index is 650. The molecule has 0 spiro atoms. The number of nitrogens with zero attached hydrogens (tertiary/aromatic N) is 4. The average Bonchev–Trinajstić information content (AvgIpc) is 2.96. The molecular weight excluding hydrogens is 274 g/mol. The first kappa shape index (κ1) is 13.7. The van der Waals surface area contributed by atoms with Gasteiger partial charge in [0.05, 0.1) is 10.6 Å². The Hall–Kier alpha value is -2.22. The van der Waals surface area contributed by atoms with Crippen molar-refractivity contribution in [2.45, 2.75) is 25.3 Å². The zero-order valence-electron chi connectivity index (χ0n) is 11.8. The Morgan fingerprint density at radius 1 is 1.43 bits per heavy atom. The first-order chi connectivity index (χ1) is 10.2. The van der Waals surface area contributed by atoms with E-state index in [0.717, 1.165) is 25.2 Å². The fourth-order valence-electron chi connectivity index (χ4n) is 2.80. The summed E-state index contributed by atoms with van der Waals surface area (Å²) in [6.45, 7) is 1.86. The van der Waals surface area contributed by atoms with E-state index in [-0.39, 0.29) is 11.2 Å². The van der Waals surface area contributed by atoms with E-state index >= 15 is 0 Å². The van der Waals surface area contributed by atoms with Crippen LogP contribution in [0.25, 0.3) is 11.0 Å². The van der Waals surface area contributed by atoms with E-state index in [0.29, 0.717) is 11.6 Å². The van der Waals surface area contributed by atoms with Gasteiger partial charge in [0.15, 0.2) is 5.52 Å². The first-order valence-corrected chi connectivity index (χ1v) is 7.01. The van der Waals surface area contributed by atoms with Gasteiger partial charge in [0, 0.05) is 25.7 Å². The molecule has 1 aromatic heterocycles. The van der Waals surface area contributed by atoms with Gasteiger partial charge in [-0.25, -0.2) is 4.63 Å². The van der Waals surface area contributed by atoms with Crippen LogP contribution >= 0.6 is 0 Å². The molecule has 0 aliphatic carbocycles. The molecule has 2 aromatic rings. The van der Waals surface area contributed by atoms with E-state index in [1.165, 1.54) is 18.9 Å². The van der Waals surface area contributed by atoms with E-state index in [2.05, 4.69) is 20.3 Å². The highest BCUT2D eigenvalue weighted by molar-refractivity contribution is 5.93. The maximum Gasteiger partial charge on any atom is 0.300 e. The van der Waals surface area contributed by atoms with Gasteiger partial charge < -0.3 is 10.2 Å². The van der Waals surface area contributed by atoms with Crippen molar-refractivity contribution in [1.82, 2.24) is 15.6 Å². The highest BCUT2D eigenvalue weighted by atomic mass is 16.6. The molecule has 1 atom stereocenters. The normalized spacial score (nSPS) is 18.8. The highest BCUT2D eigenvalue weighted by Crippen LogP contribution is 2.30. The van der Waals surface area contributed by atoms with Crippen LogP contribution in [0.5, 0.6) is 0 Å². The molecule has 1 N–H and O–H groups in total. The Morgan fingerprint density at radius 2 is 2.24 bits per heavy atom. The van der Waals surface area contributed by atoms with Crippen molar-refractivity contribution in [3.63, 3.8) is 0 Å². The molecular formula is C13H17N5O3. The van der Waals surface area contributed by atoms with Gasteiger partial charge in [0.25, 0.3) is 0 Å². The van der Waals surface area contributed by atoms with E-state index in [4.69, 9.17) is 0 Å². The van der Waals surface area contributed by atoms with Gasteiger partial charge in [0.2, 0.25) is 5.52 Å². The Kier molecular flexibility index (Phi) is 3.70. The molecule has 0 radical (unpaired) electrons. The lowest BCUT2D eigenvalue weighted by Gasteiger charge is -2.29. The molecule has 2 heterocycles. The van der Waals surface area contributed by atoms with Crippen molar-refractivity contribution >= 4 is 22.4 Å². The molecule has 1 fully saturated rings. The van der Waals surface area contributed by atoms with Gasteiger partial charge in [0.1, 0.15) is 0 Å². The Labute approximate surface area is 121 Å². The summed E-state index contributed by atoms with van der Waals surface area (Å²) in [6.07, 6.45) is 3.58. The van der Waals surface area contributed by atoms with Crippen molar-refractivity contribution in [2.75, 3.05) is 25.0 Å². The zero-order chi connectivity index (χ0) is 14.8. The van der Waals surface area contributed by atoms with Crippen molar-refractivity contribution < 1.29 is 9.55 Å². The fraction of sp³-hybridized carbons (Fsp3) is 0.538.